The SMILES string of the molecule is CN(Cc1noc(-c2ccccc2)n1)C1CCCCC1O. The van der Waals surface area contributed by atoms with Crippen LogP contribution >= 0.6 is 0 Å². The molecule has 21 heavy (non-hydrogen) atoms. The first-order valence-electron chi connectivity index (χ1n) is 7.50. The van der Waals surface area contributed by atoms with Crippen molar-refractivity contribution in [2.75, 3.05) is 7.05 Å². The van der Waals surface area contributed by atoms with E-state index in [0.717, 1.165) is 24.8 Å². The largest absolute Gasteiger partial charge is 0.391 e. The fraction of sp³-hybridized carbons (Fsp3) is 0.500. The van der Waals surface area contributed by atoms with E-state index in [-0.39, 0.29) is 12.1 Å². The summed E-state index contributed by atoms with van der Waals surface area (Å²) in [6.45, 7) is 0.595. The first-order chi connectivity index (χ1) is 10.2. The van der Waals surface area contributed by atoms with Crippen LogP contribution in [0.5, 0.6) is 0 Å². The van der Waals surface area contributed by atoms with Crippen molar-refractivity contribution in [3.05, 3.63) is 36.2 Å². The van der Waals surface area contributed by atoms with Crippen LogP contribution < -0.4 is 0 Å². The van der Waals surface area contributed by atoms with Gasteiger partial charge in [0.1, 0.15) is 0 Å². The summed E-state index contributed by atoms with van der Waals surface area (Å²) in [5.41, 5.74) is 0.927. The maximum Gasteiger partial charge on any atom is 0.257 e. The zero-order valence-corrected chi connectivity index (χ0v) is 12.3. The molecule has 0 amide bonds. The summed E-state index contributed by atoms with van der Waals surface area (Å²) in [4.78, 5) is 6.57. The highest BCUT2D eigenvalue weighted by Gasteiger charge is 2.27. The van der Waals surface area contributed by atoms with E-state index in [1.807, 2.05) is 37.4 Å². The number of likely N-dealkylation sites (N-methyl/N-ethyl adjacent to an activating group) is 1. The fourth-order valence-corrected chi connectivity index (χ4v) is 2.96. The van der Waals surface area contributed by atoms with E-state index in [2.05, 4.69) is 15.0 Å². The first-order valence-corrected chi connectivity index (χ1v) is 7.50. The Morgan fingerprint density at radius 2 is 2.00 bits per heavy atom. The smallest absolute Gasteiger partial charge is 0.257 e. The molecule has 2 unspecified atom stereocenters. The van der Waals surface area contributed by atoms with Gasteiger partial charge in [-0.3, -0.25) is 4.90 Å². The molecule has 112 valence electrons. The minimum atomic E-state index is -0.246. The van der Waals surface area contributed by atoms with Gasteiger partial charge in [-0.05, 0) is 32.0 Å². The van der Waals surface area contributed by atoms with Crippen molar-refractivity contribution < 1.29 is 9.63 Å². The van der Waals surface area contributed by atoms with E-state index in [4.69, 9.17) is 4.52 Å². The summed E-state index contributed by atoms with van der Waals surface area (Å²) in [6.07, 6.45) is 3.96. The number of aliphatic hydroxyl groups is 1. The lowest BCUT2D eigenvalue weighted by atomic mass is 9.91. The van der Waals surface area contributed by atoms with Gasteiger partial charge in [0.15, 0.2) is 5.82 Å². The third kappa shape index (κ3) is 3.31. The summed E-state index contributed by atoms with van der Waals surface area (Å²) in [7, 11) is 2.01. The second-order valence-corrected chi connectivity index (χ2v) is 5.72. The molecule has 0 saturated heterocycles. The fourth-order valence-electron chi connectivity index (χ4n) is 2.96. The van der Waals surface area contributed by atoms with Crippen LogP contribution in [0, 0.1) is 0 Å². The topological polar surface area (TPSA) is 62.4 Å². The van der Waals surface area contributed by atoms with Gasteiger partial charge in [-0.1, -0.05) is 36.2 Å². The lowest BCUT2D eigenvalue weighted by Crippen LogP contribution is -2.43. The monoisotopic (exact) mass is 287 g/mol. The number of aromatic nitrogens is 2. The molecule has 0 radical (unpaired) electrons. The highest BCUT2D eigenvalue weighted by Crippen LogP contribution is 2.23. The molecule has 2 atom stereocenters. The van der Waals surface area contributed by atoms with Crippen molar-refractivity contribution in [3.63, 3.8) is 0 Å². The maximum atomic E-state index is 10.1. The highest BCUT2D eigenvalue weighted by atomic mass is 16.5. The van der Waals surface area contributed by atoms with Crippen LogP contribution in [0.15, 0.2) is 34.9 Å². The third-order valence-corrected chi connectivity index (χ3v) is 4.14. The molecule has 3 rings (SSSR count). The van der Waals surface area contributed by atoms with Crippen molar-refractivity contribution in [2.45, 2.75) is 44.4 Å². The Morgan fingerprint density at radius 3 is 2.76 bits per heavy atom. The Bertz CT molecular complexity index is 570. The quantitative estimate of drug-likeness (QED) is 0.936. The van der Waals surface area contributed by atoms with Gasteiger partial charge in [-0.15, -0.1) is 0 Å². The second-order valence-electron chi connectivity index (χ2n) is 5.72. The standard InChI is InChI=1S/C16H21N3O2/c1-19(13-9-5-6-10-14(13)20)11-15-17-16(21-18-15)12-7-3-2-4-8-12/h2-4,7-8,13-14,20H,5-6,9-11H2,1H3. The normalized spacial score (nSPS) is 22.6. The number of rotatable bonds is 4. The minimum absolute atomic E-state index is 0.192. The van der Waals surface area contributed by atoms with E-state index in [0.29, 0.717) is 18.3 Å². The summed E-state index contributed by atoms with van der Waals surface area (Å²) in [6, 6.07) is 9.95. The summed E-state index contributed by atoms with van der Waals surface area (Å²) in [5.74, 6) is 1.21. The molecule has 1 fully saturated rings. The van der Waals surface area contributed by atoms with Crippen LogP contribution in [0.1, 0.15) is 31.5 Å². The number of hydrogen-bond donors (Lipinski definition) is 1. The van der Waals surface area contributed by atoms with E-state index < -0.39 is 0 Å². The van der Waals surface area contributed by atoms with Crippen molar-refractivity contribution >= 4 is 0 Å². The molecule has 1 aromatic heterocycles. The van der Waals surface area contributed by atoms with E-state index in [1.165, 1.54) is 6.42 Å². The predicted octanol–water partition coefficient (Wildman–Crippen LogP) is 2.47. The van der Waals surface area contributed by atoms with Gasteiger partial charge in [0.2, 0.25) is 0 Å². The van der Waals surface area contributed by atoms with Crippen LogP contribution in [0.2, 0.25) is 0 Å². The van der Waals surface area contributed by atoms with Crippen LogP contribution in [0.25, 0.3) is 11.5 Å². The van der Waals surface area contributed by atoms with Gasteiger partial charge >= 0.3 is 0 Å². The van der Waals surface area contributed by atoms with Crippen molar-refractivity contribution in [2.24, 2.45) is 0 Å². The molecule has 2 aromatic rings. The summed E-state index contributed by atoms with van der Waals surface area (Å²) >= 11 is 0. The Labute approximate surface area is 124 Å². The Hall–Kier alpha value is -1.72. The molecule has 5 nitrogen and oxygen atoms in total. The lowest BCUT2D eigenvalue weighted by Gasteiger charge is -2.34. The summed E-state index contributed by atoms with van der Waals surface area (Å²) in [5, 5.41) is 14.1. The molecule has 5 heteroatoms. The average molecular weight is 287 g/mol. The number of aliphatic hydroxyl groups excluding tert-OH is 1. The molecule has 1 heterocycles. The first kappa shape index (κ1) is 14.2. The average Bonchev–Trinajstić information content (AvgIpc) is 2.97. The Balaban J connectivity index is 1.67. The van der Waals surface area contributed by atoms with E-state index in [9.17, 15) is 5.11 Å². The maximum absolute atomic E-state index is 10.1. The van der Waals surface area contributed by atoms with Crippen molar-refractivity contribution in [1.82, 2.24) is 15.0 Å². The molecule has 1 saturated carbocycles. The van der Waals surface area contributed by atoms with Crippen molar-refractivity contribution in [3.8, 4) is 11.5 Å². The van der Waals surface area contributed by atoms with Gasteiger partial charge in [-0.2, -0.15) is 4.98 Å². The zero-order valence-electron chi connectivity index (χ0n) is 12.3. The van der Waals surface area contributed by atoms with Gasteiger partial charge < -0.3 is 9.63 Å². The Kier molecular flexibility index (Phi) is 4.31. The zero-order chi connectivity index (χ0) is 14.7. The van der Waals surface area contributed by atoms with Gasteiger partial charge in [0.25, 0.3) is 5.89 Å². The second kappa shape index (κ2) is 6.37. The molecule has 0 spiro atoms. The number of benzene rings is 1. The van der Waals surface area contributed by atoms with E-state index in [1.54, 1.807) is 0 Å². The number of hydrogen-bond acceptors (Lipinski definition) is 5. The highest BCUT2D eigenvalue weighted by molar-refractivity contribution is 5.51. The molecule has 0 aliphatic heterocycles. The van der Waals surface area contributed by atoms with Crippen LogP contribution in [-0.4, -0.2) is 39.3 Å². The molecule has 1 N–H and O–H groups in total. The number of nitrogens with zero attached hydrogens (tertiary/aromatic N) is 3. The lowest BCUT2D eigenvalue weighted by molar-refractivity contribution is 0.0275. The molecular weight excluding hydrogens is 266 g/mol. The Morgan fingerprint density at radius 1 is 1.24 bits per heavy atom. The third-order valence-electron chi connectivity index (χ3n) is 4.14. The van der Waals surface area contributed by atoms with Gasteiger partial charge in [0, 0.05) is 11.6 Å². The molecule has 1 aliphatic rings. The molecular formula is C16H21N3O2. The van der Waals surface area contributed by atoms with E-state index >= 15 is 0 Å². The van der Waals surface area contributed by atoms with Crippen LogP contribution in [0.4, 0.5) is 0 Å². The van der Waals surface area contributed by atoms with Crippen LogP contribution in [-0.2, 0) is 6.54 Å². The molecule has 0 bridgehead atoms. The molecule has 1 aromatic carbocycles. The predicted molar refractivity (Wildman–Crippen MR) is 79.5 cm³/mol. The van der Waals surface area contributed by atoms with Crippen LogP contribution in [0.3, 0.4) is 0 Å². The molecule has 1 aliphatic carbocycles. The minimum Gasteiger partial charge on any atom is -0.391 e. The summed E-state index contributed by atoms with van der Waals surface area (Å²) < 4.78 is 5.32. The van der Waals surface area contributed by atoms with Gasteiger partial charge in [0.05, 0.1) is 12.6 Å². The van der Waals surface area contributed by atoms with Crippen molar-refractivity contribution in [1.29, 1.82) is 0 Å². The van der Waals surface area contributed by atoms with Gasteiger partial charge in [-0.25, -0.2) is 0 Å².